The maximum Gasteiger partial charge on any atom is 0.358 e. The van der Waals surface area contributed by atoms with Gasteiger partial charge in [0.05, 0.1) is 7.11 Å². The van der Waals surface area contributed by atoms with Crippen molar-refractivity contribution >= 4 is 5.97 Å². The third-order valence-corrected chi connectivity index (χ3v) is 3.22. The molecule has 0 aliphatic heterocycles. The highest BCUT2D eigenvalue weighted by molar-refractivity contribution is 5.86. The first-order valence-electron chi connectivity index (χ1n) is 6.84. The van der Waals surface area contributed by atoms with Gasteiger partial charge in [0.25, 0.3) is 0 Å². The van der Waals surface area contributed by atoms with Crippen molar-refractivity contribution in [3.05, 3.63) is 48.6 Å². The summed E-state index contributed by atoms with van der Waals surface area (Å²) < 4.78 is 12.5. The normalized spacial score (nSPS) is 12.1. The topological polar surface area (TPSA) is 117 Å². The van der Waals surface area contributed by atoms with E-state index in [0.29, 0.717) is 17.3 Å². The molecule has 10 heteroatoms. The van der Waals surface area contributed by atoms with E-state index in [-0.39, 0.29) is 5.69 Å². The third-order valence-electron chi connectivity index (χ3n) is 3.22. The van der Waals surface area contributed by atoms with Crippen LogP contribution in [0.1, 0.15) is 22.5 Å². The van der Waals surface area contributed by atoms with Gasteiger partial charge in [0, 0.05) is 19.5 Å². The maximum atomic E-state index is 11.4. The molecular formula is C14H14N6O4. The summed E-state index contributed by atoms with van der Waals surface area (Å²) in [6.07, 6.45) is 4.93. The van der Waals surface area contributed by atoms with Crippen LogP contribution in [0.15, 0.2) is 37.2 Å². The number of methoxy groups -OCH3 is 2. The van der Waals surface area contributed by atoms with Crippen LogP contribution in [0, 0.1) is 0 Å². The Kier molecular flexibility index (Phi) is 4.31. The van der Waals surface area contributed by atoms with E-state index >= 15 is 0 Å². The van der Waals surface area contributed by atoms with E-state index in [1.54, 1.807) is 27.5 Å². The number of imidazole rings is 2. The number of esters is 1. The summed E-state index contributed by atoms with van der Waals surface area (Å²) in [6, 6.07) is 3.42. The molecule has 3 aromatic heterocycles. The number of aliphatic hydroxyl groups excluding tert-OH is 1. The summed E-state index contributed by atoms with van der Waals surface area (Å²) >= 11 is 0. The van der Waals surface area contributed by atoms with Gasteiger partial charge in [-0.05, 0) is 12.1 Å². The van der Waals surface area contributed by atoms with Crippen molar-refractivity contribution in [2.45, 2.75) is 6.29 Å². The fourth-order valence-corrected chi connectivity index (χ4v) is 1.96. The van der Waals surface area contributed by atoms with Crippen molar-refractivity contribution in [3.63, 3.8) is 0 Å². The first kappa shape index (κ1) is 15.8. The van der Waals surface area contributed by atoms with Gasteiger partial charge in [0.15, 0.2) is 23.6 Å². The van der Waals surface area contributed by atoms with E-state index < -0.39 is 12.3 Å². The molecule has 0 aromatic carbocycles. The first-order valence-corrected chi connectivity index (χ1v) is 6.84. The van der Waals surface area contributed by atoms with Crippen LogP contribution in [-0.2, 0) is 9.47 Å². The highest BCUT2D eigenvalue weighted by atomic mass is 16.6. The SMILES string of the molecule is COC(=O)c1cn(-c2ccc(-n3cnc(C(O)OC)c3)nn2)cn1. The summed E-state index contributed by atoms with van der Waals surface area (Å²) in [5, 5.41) is 17.7. The summed E-state index contributed by atoms with van der Waals surface area (Å²) in [5.41, 5.74) is 0.539. The average Bonchev–Trinajstić information content (AvgIpc) is 3.30. The highest BCUT2D eigenvalue weighted by Crippen LogP contribution is 2.13. The third kappa shape index (κ3) is 3.00. The first-order chi connectivity index (χ1) is 11.6. The summed E-state index contributed by atoms with van der Waals surface area (Å²) in [7, 11) is 2.67. The zero-order valence-electron chi connectivity index (χ0n) is 12.9. The Morgan fingerprint density at radius 2 is 1.71 bits per heavy atom. The standard InChI is InChI=1S/C14H14N6O4/c1-23-13(21)9-5-19(7-15-9)11-3-4-12(18-17-11)20-6-10(16-8-20)14(22)24-2/h3-8,13,21H,1-2H3. The van der Waals surface area contributed by atoms with E-state index in [1.165, 1.54) is 33.1 Å². The number of carbonyl (C=O) groups is 1. The Morgan fingerprint density at radius 1 is 1.08 bits per heavy atom. The number of carbonyl (C=O) groups excluding carboxylic acids is 1. The van der Waals surface area contributed by atoms with E-state index in [2.05, 4.69) is 24.9 Å². The Hall–Kier alpha value is -3.11. The van der Waals surface area contributed by atoms with Crippen LogP contribution in [0.5, 0.6) is 0 Å². The molecule has 0 bridgehead atoms. The molecular weight excluding hydrogens is 316 g/mol. The van der Waals surface area contributed by atoms with Gasteiger partial charge >= 0.3 is 5.97 Å². The molecule has 3 rings (SSSR count). The molecule has 0 aliphatic rings. The van der Waals surface area contributed by atoms with Gasteiger partial charge < -0.3 is 14.6 Å². The van der Waals surface area contributed by atoms with Crippen LogP contribution >= 0.6 is 0 Å². The molecule has 24 heavy (non-hydrogen) atoms. The van der Waals surface area contributed by atoms with Gasteiger partial charge in [-0.1, -0.05) is 0 Å². The number of aromatic nitrogens is 6. The zero-order valence-corrected chi connectivity index (χ0v) is 12.9. The molecule has 124 valence electrons. The average molecular weight is 330 g/mol. The summed E-state index contributed by atoms with van der Waals surface area (Å²) in [4.78, 5) is 19.4. The van der Waals surface area contributed by atoms with Crippen LogP contribution in [0.25, 0.3) is 11.6 Å². The number of nitrogens with zero attached hydrogens (tertiary/aromatic N) is 6. The minimum atomic E-state index is -1.10. The van der Waals surface area contributed by atoms with Gasteiger partial charge in [0.2, 0.25) is 0 Å². The predicted octanol–water partition coefficient (Wildman–Crippen LogP) is 0.272. The lowest BCUT2D eigenvalue weighted by Gasteiger charge is -2.04. The molecule has 0 amide bonds. The van der Waals surface area contributed by atoms with Gasteiger partial charge in [-0.3, -0.25) is 9.13 Å². The largest absolute Gasteiger partial charge is 0.464 e. The second kappa shape index (κ2) is 6.56. The van der Waals surface area contributed by atoms with Crippen LogP contribution in [-0.4, -0.2) is 54.6 Å². The minimum absolute atomic E-state index is 0.177. The molecule has 0 radical (unpaired) electrons. The smallest absolute Gasteiger partial charge is 0.358 e. The molecule has 3 heterocycles. The maximum absolute atomic E-state index is 11.4. The van der Waals surface area contributed by atoms with Crippen LogP contribution in [0.2, 0.25) is 0 Å². The lowest BCUT2D eigenvalue weighted by Crippen LogP contribution is -2.03. The number of aliphatic hydroxyl groups is 1. The predicted molar refractivity (Wildman–Crippen MR) is 79.6 cm³/mol. The van der Waals surface area contributed by atoms with Gasteiger partial charge in [0.1, 0.15) is 18.3 Å². The quantitative estimate of drug-likeness (QED) is 0.523. The fraction of sp³-hybridized carbons (Fsp3) is 0.214. The minimum Gasteiger partial charge on any atom is -0.464 e. The van der Waals surface area contributed by atoms with Crippen molar-refractivity contribution in [1.82, 2.24) is 29.3 Å². The highest BCUT2D eigenvalue weighted by Gasteiger charge is 2.12. The summed E-state index contributed by atoms with van der Waals surface area (Å²) in [6.45, 7) is 0. The van der Waals surface area contributed by atoms with Crippen LogP contribution in [0.4, 0.5) is 0 Å². The zero-order chi connectivity index (χ0) is 17.1. The molecule has 10 nitrogen and oxygen atoms in total. The van der Waals surface area contributed by atoms with Crippen molar-refractivity contribution in [1.29, 1.82) is 0 Å². The van der Waals surface area contributed by atoms with Crippen molar-refractivity contribution in [3.8, 4) is 11.6 Å². The Balaban J connectivity index is 1.81. The van der Waals surface area contributed by atoms with Crippen LogP contribution < -0.4 is 0 Å². The molecule has 0 aliphatic carbocycles. The Labute approximate surface area is 136 Å². The molecule has 0 spiro atoms. The second-order valence-corrected chi connectivity index (χ2v) is 4.70. The molecule has 1 atom stereocenters. The number of ether oxygens (including phenoxy) is 2. The lowest BCUT2D eigenvalue weighted by atomic mass is 10.4. The van der Waals surface area contributed by atoms with E-state index in [0.717, 1.165) is 0 Å². The van der Waals surface area contributed by atoms with E-state index in [4.69, 9.17) is 4.74 Å². The molecule has 0 saturated carbocycles. The van der Waals surface area contributed by atoms with E-state index in [1.807, 2.05) is 0 Å². The van der Waals surface area contributed by atoms with Crippen molar-refractivity contribution in [2.24, 2.45) is 0 Å². The molecule has 0 saturated heterocycles. The molecule has 1 unspecified atom stereocenters. The molecule has 3 aromatic rings. The van der Waals surface area contributed by atoms with Crippen LogP contribution in [0.3, 0.4) is 0 Å². The second-order valence-electron chi connectivity index (χ2n) is 4.70. The number of rotatable bonds is 5. The molecule has 0 fully saturated rings. The molecule has 1 N–H and O–H groups in total. The van der Waals surface area contributed by atoms with Gasteiger partial charge in [-0.25, -0.2) is 14.8 Å². The Bertz CT molecular complexity index is 841. The number of hydrogen-bond donors (Lipinski definition) is 1. The monoisotopic (exact) mass is 330 g/mol. The van der Waals surface area contributed by atoms with Crippen molar-refractivity contribution in [2.75, 3.05) is 14.2 Å². The van der Waals surface area contributed by atoms with Crippen molar-refractivity contribution < 1.29 is 19.4 Å². The number of hydrogen-bond acceptors (Lipinski definition) is 8. The summed E-state index contributed by atoms with van der Waals surface area (Å²) in [5.74, 6) is 0.466. The van der Waals surface area contributed by atoms with E-state index in [9.17, 15) is 9.90 Å². The Morgan fingerprint density at radius 3 is 2.29 bits per heavy atom. The van der Waals surface area contributed by atoms with Gasteiger partial charge in [-0.15, -0.1) is 10.2 Å². The fourth-order valence-electron chi connectivity index (χ4n) is 1.96. The lowest BCUT2D eigenvalue weighted by molar-refractivity contribution is -0.0796. The van der Waals surface area contributed by atoms with Gasteiger partial charge in [-0.2, -0.15) is 0 Å².